The Morgan fingerprint density at radius 3 is 2.85 bits per heavy atom. The summed E-state index contributed by atoms with van der Waals surface area (Å²) in [5.41, 5.74) is 0. The molecule has 8 heteroatoms. The third-order valence-corrected chi connectivity index (χ3v) is 3.64. The first-order chi connectivity index (χ1) is 9.69. The third kappa shape index (κ3) is 4.76. The maximum absolute atomic E-state index is 11.8. The molecule has 0 radical (unpaired) electrons. The summed E-state index contributed by atoms with van der Waals surface area (Å²) in [4.78, 5) is 23.2. The summed E-state index contributed by atoms with van der Waals surface area (Å²) in [6, 6.07) is 0.392. The van der Waals surface area contributed by atoms with Crippen LogP contribution in [0.15, 0.2) is 0 Å². The van der Waals surface area contributed by atoms with Crippen molar-refractivity contribution in [1.82, 2.24) is 20.8 Å². The number of anilines is 1. The van der Waals surface area contributed by atoms with E-state index in [1.54, 1.807) is 0 Å². The van der Waals surface area contributed by atoms with Gasteiger partial charge in [-0.2, -0.15) is 0 Å². The molecule has 7 nitrogen and oxygen atoms in total. The number of nitrogens with one attached hydrogen (secondary N) is 3. The van der Waals surface area contributed by atoms with Gasteiger partial charge in [-0.15, -0.1) is 10.2 Å². The molecular formula is C12H19N5O2S. The van der Waals surface area contributed by atoms with Crippen molar-refractivity contribution in [2.24, 2.45) is 0 Å². The molecule has 1 saturated carbocycles. The highest BCUT2D eigenvalue weighted by molar-refractivity contribution is 7.17. The van der Waals surface area contributed by atoms with Crippen LogP contribution >= 0.6 is 11.3 Å². The predicted octanol–water partition coefficient (Wildman–Crippen LogP) is 0.758. The Balaban J connectivity index is 1.62. The molecule has 3 N–H and O–H groups in total. The number of hydrogen-bond donors (Lipinski definition) is 3. The highest BCUT2D eigenvalue weighted by Crippen LogP contribution is 2.18. The Morgan fingerprint density at radius 2 is 2.15 bits per heavy atom. The lowest BCUT2D eigenvalue weighted by Crippen LogP contribution is -2.28. The molecule has 1 aromatic rings. The molecule has 110 valence electrons. The van der Waals surface area contributed by atoms with Gasteiger partial charge in [0.2, 0.25) is 16.0 Å². The first-order valence-corrected chi connectivity index (χ1v) is 7.65. The molecule has 0 saturated heterocycles. The topological polar surface area (TPSA) is 96.0 Å². The van der Waals surface area contributed by atoms with Crippen LogP contribution in [0.4, 0.5) is 5.13 Å². The molecule has 0 aliphatic heterocycles. The average molecular weight is 297 g/mol. The molecule has 0 bridgehead atoms. The summed E-state index contributed by atoms with van der Waals surface area (Å²) in [6.45, 7) is 3.16. The minimum Gasteiger partial charge on any atom is -0.360 e. The average Bonchev–Trinajstić information content (AvgIpc) is 3.10. The van der Waals surface area contributed by atoms with Crippen molar-refractivity contribution in [3.05, 3.63) is 5.01 Å². The van der Waals surface area contributed by atoms with Crippen LogP contribution in [-0.4, -0.2) is 41.1 Å². The van der Waals surface area contributed by atoms with Gasteiger partial charge in [0.1, 0.15) is 0 Å². The van der Waals surface area contributed by atoms with Crippen LogP contribution in [0.5, 0.6) is 0 Å². The van der Waals surface area contributed by atoms with E-state index in [1.165, 1.54) is 11.3 Å². The first-order valence-electron chi connectivity index (χ1n) is 6.84. The van der Waals surface area contributed by atoms with Crippen LogP contribution in [0.3, 0.4) is 0 Å². The number of aromatic nitrogens is 2. The van der Waals surface area contributed by atoms with Gasteiger partial charge >= 0.3 is 0 Å². The Hall–Kier alpha value is -1.70. The fraction of sp³-hybridized carbons (Fsp3) is 0.667. The molecule has 0 atom stereocenters. The first kappa shape index (κ1) is 14.7. The van der Waals surface area contributed by atoms with E-state index in [0.717, 1.165) is 19.4 Å². The van der Waals surface area contributed by atoms with Crippen LogP contribution in [0.2, 0.25) is 0 Å². The van der Waals surface area contributed by atoms with Gasteiger partial charge in [-0.1, -0.05) is 11.3 Å². The normalized spacial score (nSPS) is 13.8. The van der Waals surface area contributed by atoms with E-state index in [9.17, 15) is 9.59 Å². The van der Waals surface area contributed by atoms with Crippen molar-refractivity contribution in [2.45, 2.75) is 38.6 Å². The molecule has 2 amide bonds. The largest absolute Gasteiger partial charge is 0.360 e. The number of rotatable bonds is 8. The molecular weight excluding hydrogens is 278 g/mol. The van der Waals surface area contributed by atoms with Gasteiger partial charge in [-0.3, -0.25) is 9.59 Å². The quantitative estimate of drug-likeness (QED) is 0.616. The van der Waals surface area contributed by atoms with Crippen molar-refractivity contribution in [3.8, 4) is 0 Å². The smallest absolute Gasteiger partial charge is 0.282 e. The molecule has 0 unspecified atom stereocenters. The molecule has 1 aliphatic rings. The van der Waals surface area contributed by atoms with Gasteiger partial charge in [0.25, 0.3) is 5.91 Å². The maximum atomic E-state index is 11.8. The fourth-order valence-electron chi connectivity index (χ4n) is 1.59. The lowest BCUT2D eigenvalue weighted by Gasteiger charge is -2.04. The van der Waals surface area contributed by atoms with Crippen LogP contribution in [0.25, 0.3) is 0 Å². The third-order valence-electron chi connectivity index (χ3n) is 2.76. The van der Waals surface area contributed by atoms with E-state index in [1.807, 2.05) is 6.92 Å². The van der Waals surface area contributed by atoms with Crippen LogP contribution < -0.4 is 16.0 Å². The van der Waals surface area contributed by atoms with E-state index in [4.69, 9.17) is 0 Å². The Bertz CT molecular complexity index is 472. The standard InChI is InChI=1S/C12H19N5O2S/c1-2-13-12-17-16-11(20-12)10(19)14-7-3-4-9(18)15-8-5-6-8/h8H,2-7H2,1H3,(H,13,17)(H,14,19)(H,15,18). The zero-order chi connectivity index (χ0) is 14.4. The molecule has 1 heterocycles. The molecule has 0 spiro atoms. The van der Waals surface area contributed by atoms with Crippen molar-refractivity contribution >= 4 is 28.3 Å². The lowest BCUT2D eigenvalue weighted by atomic mass is 10.3. The van der Waals surface area contributed by atoms with Crippen molar-refractivity contribution < 1.29 is 9.59 Å². The summed E-state index contributed by atoms with van der Waals surface area (Å²) < 4.78 is 0. The zero-order valence-electron chi connectivity index (χ0n) is 11.4. The highest BCUT2D eigenvalue weighted by Gasteiger charge is 2.22. The highest BCUT2D eigenvalue weighted by atomic mass is 32.1. The minimum absolute atomic E-state index is 0.0621. The number of amides is 2. The zero-order valence-corrected chi connectivity index (χ0v) is 12.3. The molecule has 1 fully saturated rings. The number of carbonyl (C=O) groups is 2. The van der Waals surface area contributed by atoms with Gasteiger partial charge in [-0.05, 0) is 26.2 Å². The Labute approximate surface area is 121 Å². The summed E-state index contributed by atoms with van der Waals surface area (Å²) in [6.07, 6.45) is 3.25. The Morgan fingerprint density at radius 1 is 1.35 bits per heavy atom. The predicted molar refractivity (Wildman–Crippen MR) is 76.8 cm³/mol. The molecule has 1 aromatic heterocycles. The van der Waals surface area contributed by atoms with Crippen molar-refractivity contribution in [1.29, 1.82) is 0 Å². The second-order valence-electron chi connectivity index (χ2n) is 4.64. The summed E-state index contributed by atoms with van der Waals surface area (Å²) >= 11 is 1.22. The molecule has 1 aliphatic carbocycles. The fourth-order valence-corrected chi connectivity index (χ4v) is 2.32. The second kappa shape index (κ2) is 7.18. The van der Waals surface area contributed by atoms with E-state index >= 15 is 0 Å². The molecule has 2 rings (SSSR count). The van der Waals surface area contributed by atoms with Gasteiger partial charge in [0.05, 0.1) is 0 Å². The monoisotopic (exact) mass is 297 g/mol. The Kier molecular flexibility index (Phi) is 5.28. The van der Waals surface area contributed by atoms with Crippen molar-refractivity contribution in [3.63, 3.8) is 0 Å². The minimum atomic E-state index is -0.241. The van der Waals surface area contributed by atoms with Gasteiger partial charge in [-0.25, -0.2) is 0 Å². The SMILES string of the molecule is CCNc1nnc(C(=O)NCCCC(=O)NC2CC2)s1. The van der Waals surface area contributed by atoms with Crippen molar-refractivity contribution in [2.75, 3.05) is 18.4 Å². The number of hydrogen-bond acceptors (Lipinski definition) is 6. The van der Waals surface area contributed by atoms with E-state index in [2.05, 4.69) is 26.1 Å². The van der Waals surface area contributed by atoms with Gasteiger partial charge in [0.15, 0.2) is 0 Å². The lowest BCUT2D eigenvalue weighted by molar-refractivity contribution is -0.121. The number of carbonyl (C=O) groups excluding carboxylic acids is 2. The van der Waals surface area contributed by atoms with Gasteiger partial charge < -0.3 is 16.0 Å². The van der Waals surface area contributed by atoms with Gasteiger partial charge in [0, 0.05) is 25.6 Å². The second-order valence-corrected chi connectivity index (χ2v) is 5.62. The van der Waals surface area contributed by atoms with E-state index in [0.29, 0.717) is 35.6 Å². The van der Waals surface area contributed by atoms with E-state index in [-0.39, 0.29) is 11.8 Å². The summed E-state index contributed by atoms with van der Waals surface area (Å²) in [5.74, 6) is -0.179. The number of nitrogens with zero attached hydrogens (tertiary/aromatic N) is 2. The van der Waals surface area contributed by atoms with E-state index < -0.39 is 0 Å². The van der Waals surface area contributed by atoms with Crippen LogP contribution in [0.1, 0.15) is 42.4 Å². The summed E-state index contributed by atoms with van der Waals surface area (Å²) in [5, 5.41) is 17.3. The van der Waals surface area contributed by atoms with Crippen LogP contribution in [-0.2, 0) is 4.79 Å². The maximum Gasteiger partial charge on any atom is 0.282 e. The molecule has 20 heavy (non-hydrogen) atoms. The summed E-state index contributed by atoms with van der Waals surface area (Å²) in [7, 11) is 0. The molecule has 0 aromatic carbocycles. The van der Waals surface area contributed by atoms with Crippen LogP contribution in [0, 0.1) is 0 Å².